The molecule has 0 aliphatic rings. The number of nitrogens with zero attached hydrogens (tertiary/aromatic N) is 1. The third-order valence-electron chi connectivity index (χ3n) is 5.10. The van der Waals surface area contributed by atoms with E-state index in [1.54, 1.807) is 44.2 Å². The van der Waals surface area contributed by atoms with Gasteiger partial charge in [-0.1, -0.05) is 23.7 Å². The summed E-state index contributed by atoms with van der Waals surface area (Å²) in [4.78, 5) is 25.2. The number of rotatable bonds is 7. The van der Waals surface area contributed by atoms with Gasteiger partial charge in [0.15, 0.2) is 4.90 Å². The van der Waals surface area contributed by atoms with Crippen molar-refractivity contribution in [3.8, 4) is 0 Å². The summed E-state index contributed by atoms with van der Waals surface area (Å²) in [7, 11) is 1.84. The molecule has 1 aromatic heterocycles. The van der Waals surface area contributed by atoms with Crippen molar-refractivity contribution in [2.45, 2.75) is 44.7 Å². The van der Waals surface area contributed by atoms with E-state index in [9.17, 15) is 14.1 Å². The Balaban J connectivity index is 1.69. The topological polar surface area (TPSA) is 83.4 Å². The SMILES string of the molecule is Cc1cc(Cl)c2cc(C(=O)NC(C)c3ccc([S+]([O-])CC(=O)OC(C)C)cc3)n(C)c2c1. The molecule has 0 bridgehead atoms. The van der Waals surface area contributed by atoms with Crippen molar-refractivity contribution in [1.29, 1.82) is 0 Å². The molecular weight excluding hydrogens is 448 g/mol. The predicted molar refractivity (Wildman–Crippen MR) is 127 cm³/mol. The van der Waals surface area contributed by atoms with Gasteiger partial charge in [0.05, 0.1) is 22.7 Å². The Hall–Kier alpha value is -2.48. The number of hydrogen-bond acceptors (Lipinski definition) is 4. The number of aromatic nitrogens is 1. The number of benzene rings is 2. The lowest BCUT2D eigenvalue weighted by molar-refractivity contribution is -0.144. The third kappa shape index (κ3) is 5.46. The number of aryl methyl sites for hydroxylation is 2. The summed E-state index contributed by atoms with van der Waals surface area (Å²) in [5.41, 5.74) is 3.30. The maximum absolute atomic E-state index is 12.9. The number of amides is 1. The minimum Gasteiger partial charge on any atom is -0.611 e. The van der Waals surface area contributed by atoms with Gasteiger partial charge in [-0.05, 0) is 80.3 Å². The van der Waals surface area contributed by atoms with Crippen LogP contribution in [0.3, 0.4) is 0 Å². The molecule has 3 aromatic rings. The summed E-state index contributed by atoms with van der Waals surface area (Å²) < 4.78 is 19.3. The summed E-state index contributed by atoms with van der Waals surface area (Å²) in [6, 6.07) is 12.4. The second-order valence-electron chi connectivity index (χ2n) is 8.06. The summed E-state index contributed by atoms with van der Waals surface area (Å²) in [5.74, 6) is -0.894. The van der Waals surface area contributed by atoms with Gasteiger partial charge in [0.1, 0.15) is 5.69 Å². The van der Waals surface area contributed by atoms with E-state index in [1.807, 2.05) is 37.6 Å². The van der Waals surface area contributed by atoms with Crippen molar-refractivity contribution < 1.29 is 18.9 Å². The monoisotopic (exact) mass is 474 g/mol. The summed E-state index contributed by atoms with van der Waals surface area (Å²) in [5, 5.41) is 4.45. The molecule has 2 unspecified atom stereocenters. The molecule has 0 saturated heterocycles. The van der Waals surface area contributed by atoms with Crippen molar-refractivity contribution in [3.05, 3.63) is 64.3 Å². The van der Waals surface area contributed by atoms with Crippen molar-refractivity contribution in [1.82, 2.24) is 9.88 Å². The molecule has 3 rings (SSSR count). The molecule has 8 heteroatoms. The lowest BCUT2D eigenvalue weighted by Crippen LogP contribution is -2.28. The minimum atomic E-state index is -1.49. The number of esters is 1. The van der Waals surface area contributed by atoms with Gasteiger partial charge >= 0.3 is 5.97 Å². The first-order valence-electron chi connectivity index (χ1n) is 10.3. The highest BCUT2D eigenvalue weighted by atomic mass is 35.5. The summed E-state index contributed by atoms with van der Waals surface area (Å²) in [6.07, 6.45) is -0.242. The molecule has 170 valence electrons. The van der Waals surface area contributed by atoms with Crippen LogP contribution in [0.25, 0.3) is 10.9 Å². The molecule has 2 atom stereocenters. The van der Waals surface area contributed by atoms with Gasteiger partial charge < -0.3 is 19.2 Å². The average molecular weight is 475 g/mol. The van der Waals surface area contributed by atoms with E-state index in [0.29, 0.717) is 15.6 Å². The summed E-state index contributed by atoms with van der Waals surface area (Å²) >= 11 is 4.87. The van der Waals surface area contributed by atoms with Gasteiger partial charge in [-0.15, -0.1) is 0 Å². The fourth-order valence-corrected chi connectivity index (χ4v) is 4.70. The Morgan fingerprint density at radius 2 is 1.81 bits per heavy atom. The maximum atomic E-state index is 12.9. The number of ether oxygens (including phenoxy) is 1. The molecule has 1 N–H and O–H groups in total. The number of fused-ring (bicyclic) bond motifs is 1. The first-order valence-corrected chi connectivity index (χ1v) is 12.0. The summed E-state index contributed by atoms with van der Waals surface area (Å²) in [6.45, 7) is 7.34. The van der Waals surface area contributed by atoms with E-state index < -0.39 is 17.1 Å². The third-order valence-corrected chi connectivity index (χ3v) is 6.70. The van der Waals surface area contributed by atoms with Crippen LogP contribution in [0, 0.1) is 6.92 Å². The maximum Gasteiger partial charge on any atom is 0.357 e. The van der Waals surface area contributed by atoms with Crippen molar-refractivity contribution >= 4 is 45.6 Å². The lowest BCUT2D eigenvalue weighted by atomic mass is 10.1. The van der Waals surface area contributed by atoms with E-state index in [4.69, 9.17) is 16.3 Å². The van der Waals surface area contributed by atoms with Gasteiger partial charge in [0, 0.05) is 12.4 Å². The van der Waals surface area contributed by atoms with Crippen molar-refractivity contribution in [2.24, 2.45) is 7.05 Å². The highest BCUT2D eigenvalue weighted by molar-refractivity contribution is 7.92. The molecule has 0 radical (unpaired) electrons. The average Bonchev–Trinajstić information content (AvgIpc) is 3.04. The number of hydrogen-bond donors (Lipinski definition) is 1. The van der Waals surface area contributed by atoms with E-state index in [-0.39, 0.29) is 23.8 Å². The van der Waals surface area contributed by atoms with Crippen LogP contribution in [-0.2, 0) is 27.8 Å². The zero-order valence-electron chi connectivity index (χ0n) is 18.8. The Bertz CT molecular complexity index is 1140. The molecule has 0 aliphatic heterocycles. The minimum absolute atomic E-state index is 0.188. The second kappa shape index (κ2) is 9.98. The van der Waals surface area contributed by atoms with Gasteiger partial charge in [0.25, 0.3) is 5.91 Å². The van der Waals surface area contributed by atoms with Crippen LogP contribution in [-0.4, -0.2) is 32.9 Å². The number of nitrogens with one attached hydrogen (secondary N) is 1. The molecular formula is C24H27ClN2O4S. The molecule has 2 aromatic carbocycles. The standard InChI is InChI=1S/C24H27ClN2O4S/c1-14(2)31-23(28)13-32(30)18-8-6-17(7-9-18)16(4)26-24(29)22-12-19-20(25)10-15(3)11-21(19)27(22)5/h6-12,14,16H,13H2,1-5H3,(H,26,29). The fourth-order valence-electron chi connectivity index (χ4n) is 3.49. The van der Waals surface area contributed by atoms with E-state index in [2.05, 4.69) is 5.32 Å². The van der Waals surface area contributed by atoms with Crippen LogP contribution >= 0.6 is 11.6 Å². The van der Waals surface area contributed by atoms with Gasteiger partial charge in [-0.3, -0.25) is 4.79 Å². The van der Waals surface area contributed by atoms with Crippen LogP contribution in [0.15, 0.2) is 47.4 Å². The van der Waals surface area contributed by atoms with Crippen LogP contribution in [0.2, 0.25) is 5.02 Å². The first kappa shape index (κ1) is 24.2. The van der Waals surface area contributed by atoms with Crippen LogP contribution < -0.4 is 5.32 Å². The van der Waals surface area contributed by atoms with Gasteiger partial charge in [-0.25, -0.2) is 4.79 Å². The molecule has 0 fully saturated rings. The van der Waals surface area contributed by atoms with Crippen LogP contribution in [0.4, 0.5) is 0 Å². The number of carbonyl (C=O) groups is 2. The number of carbonyl (C=O) groups excluding carboxylic acids is 2. The fraction of sp³-hybridized carbons (Fsp3) is 0.333. The Morgan fingerprint density at radius 3 is 2.44 bits per heavy atom. The van der Waals surface area contributed by atoms with Crippen molar-refractivity contribution in [2.75, 3.05) is 5.75 Å². The van der Waals surface area contributed by atoms with Crippen molar-refractivity contribution in [3.63, 3.8) is 0 Å². The Labute approximate surface area is 196 Å². The van der Waals surface area contributed by atoms with E-state index in [1.165, 1.54) is 0 Å². The van der Waals surface area contributed by atoms with Gasteiger partial charge in [0.2, 0.25) is 5.75 Å². The highest BCUT2D eigenvalue weighted by Gasteiger charge is 2.20. The van der Waals surface area contributed by atoms with E-state index >= 15 is 0 Å². The Kier molecular flexibility index (Phi) is 7.54. The molecule has 0 aliphatic carbocycles. The Morgan fingerprint density at radius 1 is 1.16 bits per heavy atom. The predicted octanol–water partition coefficient (Wildman–Crippen LogP) is 4.69. The molecule has 0 spiro atoms. The highest BCUT2D eigenvalue weighted by Crippen LogP contribution is 2.28. The molecule has 0 saturated carbocycles. The first-order chi connectivity index (χ1) is 15.1. The second-order valence-corrected chi connectivity index (χ2v) is 9.92. The largest absolute Gasteiger partial charge is 0.611 e. The quantitative estimate of drug-likeness (QED) is 0.397. The smallest absolute Gasteiger partial charge is 0.357 e. The van der Waals surface area contributed by atoms with E-state index in [0.717, 1.165) is 22.0 Å². The normalized spacial score (nSPS) is 13.2. The van der Waals surface area contributed by atoms with Crippen LogP contribution in [0.5, 0.6) is 0 Å². The molecule has 1 heterocycles. The van der Waals surface area contributed by atoms with Gasteiger partial charge in [-0.2, -0.15) is 0 Å². The molecule has 1 amide bonds. The van der Waals surface area contributed by atoms with Crippen LogP contribution in [0.1, 0.15) is 48.4 Å². The lowest BCUT2D eigenvalue weighted by Gasteiger charge is -2.16. The molecule has 32 heavy (non-hydrogen) atoms. The zero-order chi connectivity index (χ0) is 23.6. The zero-order valence-corrected chi connectivity index (χ0v) is 20.3. The molecule has 6 nitrogen and oxygen atoms in total. The number of halogens is 1.